The molecule has 0 saturated carbocycles. The first-order chi connectivity index (χ1) is 20.8. The summed E-state index contributed by atoms with van der Waals surface area (Å²) >= 11 is 0. The maximum absolute atomic E-state index is 12.4. The Hall–Kier alpha value is -4.40. The number of hydrogen-bond donors (Lipinski definition) is 0. The highest BCUT2D eigenvalue weighted by atomic mass is 16.6. The van der Waals surface area contributed by atoms with Crippen molar-refractivity contribution in [3.8, 4) is 16.9 Å². The molecule has 0 N–H and O–H groups in total. The Kier molecular flexibility index (Phi) is 8.68. The Labute approximate surface area is 260 Å². The van der Waals surface area contributed by atoms with Crippen LogP contribution in [0.15, 0.2) is 60.8 Å². The van der Waals surface area contributed by atoms with E-state index in [2.05, 4.69) is 71.9 Å². The molecular weight excluding hydrogens is 554 g/mol. The van der Waals surface area contributed by atoms with Crippen LogP contribution in [0, 0.1) is 6.92 Å². The molecule has 0 fully saturated rings. The van der Waals surface area contributed by atoms with Crippen molar-refractivity contribution >= 4 is 23.3 Å². The Morgan fingerprint density at radius 2 is 1.23 bits per heavy atom. The minimum atomic E-state index is -0.500. The third-order valence-corrected chi connectivity index (χ3v) is 7.58. The standard InChI is InChI=1S/C35H43N5O4/c1-24-22-29(27-16-20-39(21-17-27)33(42)44-35(5,6)7)12-13-31(24)40-23-30(36-37-40)28-10-8-25(9-11-28)26-14-18-38(19-15-26)32(41)43-34(2,3)4/h8-14,16,22-23H,15,17-21H2,1-7H3. The van der Waals surface area contributed by atoms with Crippen LogP contribution in [0.2, 0.25) is 0 Å². The molecule has 0 bridgehead atoms. The van der Waals surface area contributed by atoms with Crippen molar-refractivity contribution in [2.45, 2.75) is 72.5 Å². The lowest BCUT2D eigenvalue weighted by molar-refractivity contribution is 0.0260. The monoisotopic (exact) mass is 597 g/mol. The number of ether oxygens (including phenoxy) is 2. The summed E-state index contributed by atoms with van der Waals surface area (Å²) < 4.78 is 12.8. The van der Waals surface area contributed by atoms with Crippen LogP contribution in [0.1, 0.15) is 71.1 Å². The fourth-order valence-electron chi connectivity index (χ4n) is 5.33. The second kappa shape index (κ2) is 12.3. The van der Waals surface area contributed by atoms with E-state index < -0.39 is 11.2 Å². The predicted molar refractivity (Wildman–Crippen MR) is 172 cm³/mol. The molecule has 9 nitrogen and oxygen atoms in total. The van der Waals surface area contributed by atoms with Crippen molar-refractivity contribution in [3.63, 3.8) is 0 Å². The minimum absolute atomic E-state index is 0.270. The van der Waals surface area contributed by atoms with E-state index in [1.54, 1.807) is 9.80 Å². The lowest BCUT2D eigenvalue weighted by Gasteiger charge is -2.29. The van der Waals surface area contributed by atoms with Gasteiger partial charge in [-0.05, 0) is 101 Å². The molecule has 44 heavy (non-hydrogen) atoms. The van der Waals surface area contributed by atoms with Crippen LogP contribution in [0.4, 0.5) is 9.59 Å². The van der Waals surface area contributed by atoms with Gasteiger partial charge in [-0.3, -0.25) is 0 Å². The molecule has 0 atom stereocenters. The van der Waals surface area contributed by atoms with Crippen LogP contribution in [-0.4, -0.2) is 74.4 Å². The number of amides is 2. The molecule has 2 amide bonds. The Morgan fingerprint density at radius 3 is 1.70 bits per heavy atom. The molecule has 9 heteroatoms. The maximum Gasteiger partial charge on any atom is 0.410 e. The molecule has 2 aromatic carbocycles. The Morgan fingerprint density at radius 1 is 0.727 bits per heavy atom. The number of benzene rings is 2. The number of hydrogen-bond acceptors (Lipinski definition) is 6. The van der Waals surface area contributed by atoms with Crippen molar-refractivity contribution in [3.05, 3.63) is 77.5 Å². The first kappa shape index (κ1) is 31.0. The van der Waals surface area contributed by atoms with Gasteiger partial charge >= 0.3 is 12.2 Å². The van der Waals surface area contributed by atoms with Crippen LogP contribution < -0.4 is 0 Å². The molecule has 0 radical (unpaired) electrons. The molecule has 5 rings (SSSR count). The van der Waals surface area contributed by atoms with Gasteiger partial charge in [-0.25, -0.2) is 14.3 Å². The van der Waals surface area contributed by atoms with Crippen molar-refractivity contribution in [1.29, 1.82) is 0 Å². The van der Waals surface area contributed by atoms with Crippen LogP contribution >= 0.6 is 0 Å². The molecule has 0 aliphatic carbocycles. The van der Waals surface area contributed by atoms with E-state index in [9.17, 15) is 9.59 Å². The number of carbonyl (C=O) groups is 2. The van der Waals surface area contributed by atoms with Gasteiger partial charge in [-0.1, -0.05) is 47.7 Å². The zero-order valence-corrected chi connectivity index (χ0v) is 26.9. The normalized spacial score (nSPS) is 15.9. The van der Waals surface area contributed by atoms with E-state index in [1.165, 1.54) is 11.1 Å². The lowest BCUT2D eigenvalue weighted by atomic mass is 9.97. The summed E-state index contributed by atoms with van der Waals surface area (Å²) in [5.74, 6) is 0. The summed E-state index contributed by atoms with van der Waals surface area (Å²) in [7, 11) is 0. The van der Waals surface area contributed by atoms with Gasteiger partial charge < -0.3 is 19.3 Å². The van der Waals surface area contributed by atoms with Gasteiger partial charge in [0.25, 0.3) is 0 Å². The van der Waals surface area contributed by atoms with Gasteiger partial charge in [0.15, 0.2) is 0 Å². The summed E-state index contributed by atoms with van der Waals surface area (Å²) in [6, 6.07) is 14.7. The number of aromatic nitrogens is 3. The van der Waals surface area contributed by atoms with Crippen LogP contribution in [-0.2, 0) is 9.47 Å². The predicted octanol–water partition coefficient (Wildman–Crippen LogP) is 7.29. The fourth-order valence-corrected chi connectivity index (χ4v) is 5.33. The van der Waals surface area contributed by atoms with Crippen LogP contribution in [0.3, 0.4) is 0 Å². The van der Waals surface area contributed by atoms with E-state index in [4.69, 9.17) is 9.47 Å². The number of nitrogens with zero attached hydrogens (tertiary/aromatic N) is 5. The van der Waals surface area contributed by atoms with Gasteiger partial charge in [-0.15, -0.1) is 5.10 Å². The van der Waals surface area contributed by atoms with Crippen LogP contribution in [0.5, 0.6) is 0 Å². The molecule has 3 heterocycles. The van der Waals surface area contributed by atoms with E-state index in [-0.39, 0.29) is 12.2 Å². The third kappa shape index (κ3) is 7.56. The smallest absolute Gasteiger partial charge is 0.410 e. The average molecular weight is 598 g/mol. The molecule has 1 aromatic heterocycles. The summed E-state index contributed by atoms with van der Waals surface area (Å²) in [5, 5.41) is 8.87. The zero-order chi connectivity index (χ0) is 31.6. The highest BCUT2D eigenvalue weighted by molar-refractivity contribution is 5.75. The van der Waals surface area contributed by atoms with Crippen molar-refractivity contribution < 1.29 is 19.1 Å². The second-order valence-corrected chi connectivity index (χ2v) is 13.4. The van der Waals surface area contributed by atoms with Crippen LogP contribution in [0.25, 0.3) is 28.1 Å². The zero-order valence-electron chi connectivity index (χ0n) is 26.9. The highest BCUT2D eigenvalue weighted by Gasteiger charge is 2.25. The van der Waals surface area contributed by atoms with E-state index in [0.29, 0.717) is 26.2 Å². The maximum atomic E-state index is 12.4. The molecular formula is C35H43N5O4. The number of rotatable bonds is 4. The first-order valence-corrected chi connectivity index (χ1v) is 15.2. The molecule has 2 aliphatic rings. The number of carbonyl (C=O) groups excluding carboxylic acids is 2. The van der Waals surface area contributed by atoms with E-state index in [1.807, 2.05) is 52.4 Å². The minimum Gasteiger partial charge on any atom is -0.444 e. The largest absolute Gasteiger partial charge is 0.444 e. The topological polar surface area (TPSA) is 89.8 Å². The lowest BCUT2D eigenvalue weighted by Crippen LogP contribution is -2.39. The van der Waals surface area contributed by atoms with Gasteiger partial charge in [0.2, 0.25) is 0 Å². The SMILES string of the molecule is Cc1cc(C2=CCN(C(=O)OC(C)(C)C)CC2)ccc1-n1cc(-c2ccc(C3=CCN(C(=O)OC(C)(C)C)CC3)cc2)nn1. The molecule has 232 valence electrons. The summed E-state index contributed by atoms with van der Waals surface area (Å²) in [5.41, 5.74) is 7.59. The average Bonchev–Trinajstić information content (AvgIpc) is 3.46. The van der Waals surface area contributed by atoms with Crippen molar-refractivity contribution in [2.75, 3.05) is 26.2 Å². The molecule has 0 unspecified atom stereocenters. The van der Waals surface area contributed by atoms with Gasteiger partial charge in [-0.2, -0.15) is 0 Å². The first-order valence-electron chi connectivity index (χ1n) is 15.2. The van der Waals surface area contributed by atoms with E-state index >= 15 is 0 Å². The van der Waals surface area contributed by atoms with Gasteiger partial charge in [0.05, 0.1) is 11.9 Å². The molecule has 2 aliphatic heterocycles. The fraction of sp³-hybridized carbons (Fsp3) is 0.429. The van der Waals surface area contributed by atoms with E-state index in [0.717, 1.165) is 46.5 Å². The number of aryl methyl sites for hydroxylation is 1. The Balaban J connectivity index is 1.22. The van der Waals surface area contributed by atoms with Crippen molar-refractivity contribution in [1.82, 2.24) is 24.8 Å². The summed E-state index contributed by atoms with van der Waals surface area (Å²) in [4.78, 5) is 28.3. The Bertz CT molecular complexity index is 1590. The summed E-state index contributed by atoms with van der Waals surface area (Å²) in [6.07, 6.45) is 7.19. The molecule has 0 spiro atoms. The highest BCUT2D eigenvalue weighted by Crippen LogP contribution is 2.29. The third-order valence-electron chi connectivity index (χ3n) is 7.58. The van der Waals surface area contributed by atoms with Crippen molar-refractivity contribution in [2.24, 2.45) is 0 Å². The quantitative estimate of drug-likeness (QED) is 0.314. The van der Waals surface area contributed by atoms with Gasteiger partial charge in [0.1, 0.15) is 16.9 Å². The molecule has 0 saturated heterocycles. The van der Waals surface area contributed by atoms with Gasteiger partial charge in [0, 0.05) is 31.7 Å². The summed E-state index contributed by atoms with van der Waals surface area (Å²) in [6.45, 7) is 15.7. The molecule has 3 aromatic rings. The second-order valence-electron chi connectivity index (χ2n) is 13.4.